The minimum absolute atomic E-state index is 0.153. The quantitative estimate of drug-likeness (QED) is 0.737. The number of fused-ring (bicyclic) bond motifs is 2. The van der Waals surface area contributed by atoms with Gasteiger partial charge in [0.15, 0.2) is 5.78 Å². The number of ketones is 1. The summed E-state index contributed by atoms with van der Waals surface area (Å²) in [5, 5.41) is 10.7. The Bertz CT molecular complexity index is 756. The minimum atomic E-state index is -0.267. The second-order valence-electron chi connectivity index (χ2n) is 5.92. The van der Waals surface area contributed by atoms with Gasteiger partial charge in [0, 0.05) is 11.8 Å². The molecule has 0 spiro atoms. The molecule has 0 atom stereocenters. The summed E-state index contributed by atoms with van der Waals surface area (Å²) >= 11 is 0. The molecule has 1 aromatic heterocycles. The Morgan fingerprint density at radius 1 is 1.16 bits per heavy atom. The van der Waals surface area contributed by atoms with E-state index in [4.69, 9.17) is 0 Å². The lowest BCUT2D eigenvalue weighted by Gasteiger charge is -2.30. The number of hydrogen-bond donors (Lipinski definition) is 1. The highest BCUT2D eigenvalue weighted by molar-refractivity contribution is 6.01. The van der Waals surface area contributed by atoms with Crippen molar-refractivity contribution in [3.8, 4) is 0 Å². The summed E-state index contributed by atoms with van der Waals surface area (Å²) in [6.07, 6.45) is 0.859. The summed E-state index contributed by atoms with van der Waals surface area (Å²) in [5.74, 6) is -0.176. The van der Waals surface area contributed by atoms with Crippen molar-refractivity contribution in [2.75, 3.05) is 0 Å². The summed E-state index contributed by atoms with van der Waals surface area (Å²) in [7, 11) is 0. The molecule has 1 heterocycles. The van der Waals surface area contributed by atoms with Gasteiger partial charge >= 0.3 is 0 Å². The topological polar surface area (TPSA) is 59.3 Å². The number of benzene rings is 1. The smallest absolute Gasteiger partial charge is 0.200 e. The fraction of sp³-hybridized carbons (Fsp3) is 0.333. The van der Waals surface area contributed by atoms with Crippen molar-refractivity contribution >= 4 is 16.7 Å². The van der Waals surface area contributed by atoms with Crippen LogP contribution >= 0.6 is 0 Å². The Hall–Kier alpha value is -2.10. The van der Waals surface area contributed by atoms with Gasteiger partial charge in [-0.15, -0.1) is 0 Å². The first-order valence-corrected chi connectivity index (χ1v) is 6.30. The number of hydrogen-bond acceptors (Lipinski definition) is 3. The van der Waals surface area contributed by atoms with Gasteiger partial charge in [0.05, 0.1) is 16.8 Å². The molecule has 0 saturated carbocycles. The third kappa shape index (κ3) is 1.67. The zero-order chi connectivity index (χ0) is 13.8. The van der Waals surface area contributed by atoms with Gasteiger partial charge in [-0.25, -0.2) is 0 Å². The first kappa shape index (κ1) is 12.0. The summed E-state index contributed by atoms with van der Waals surface area (Å²) < 4.78 is 1.00. The van der Waals surface area contributed by atoms with Gasteiger partial charge in [0.2, 0.25) is 5.43 Å². The number of Topliss-reactive ketones (excluding diaryl/α,β-unsaturated/α-hetero) is 1. The van der Waals surface area contributed by atoms with E-state index in [1.54, 1.807) is 24.3 Å². The lowest BCUT2D eigenvalue weighted by Crippen LogP contribution is -2.34. The van der Waals surface area contributed by atoms with Crippen LogP contribution in [-0.2, 0) is 6.42 Å². The highest BCUT2D eigenvalue weighted by Gasteiger charge is 2.35. The van der Waals surface area contributed by atoms with Gasteiger partial charge in [-0.3, -0.25) is 9.59 Å². The molecule has 1 aromatic carbocycles. The first-order valence-electron chi connectivity index (χ1n) is 6.30. The van der Waals surface area contributed by atoms with Crippen molar-refractivity contribution in [2.24, 2.45) is 5.41 Å². The average molecular weight is 257 g/mol. The van der Waals surface area contributed by atoms with Crippen LogP contribution in [0, 0.1) is 5.41 Å². The van der Waals surface area contributed by atoms with Crippen molar-refractivity contribution in [3.05, 3.63) is 45.7 Å². The van der Waals surface area contributed by atoms with Crippen LogP contribution in [0.1, 0.15) is 36.3 Å². The van der Waals surface area contributed by atoms with Gasteiger partial charge in [-0.1, -0.05) is 26.0 Å². The lowest BCUT2D eigenvalue weighted by molar-refractivity contribution is 0.0885. The predicted molar refractivity (Wildman–Crippen MR) is 71.8 cm³/mol. The van der Waals surface area contributed by atoms with E-state index in [0.29, 0.717) is 29.4 Å². The van der Waals surface area contributed by atoms with Gasteiger partial charge in [-0.2, -0.15) is 4.73 Å². The zero-order valence-corrected chi connectivity index (χ0v) is 10.9. The highest BCUT2D eigenvalue weighted by atomic mass is 16.5. The van der Waals surface area contributed by atoms with Crippen molar-refractivity contribution in [2.45, 2.75) is 26.7 Å². The molecule has 4 nitrogen and oxygen atoms in total. The van der Waals surface area contributed by atoms with E-state index in [9.17, 15) is 14.8 Å². The van der Waals surface area contributed by atoms with Crippen molar-refractivity contribution < 1.29 is 10.0 Å². The summed E-state index contributed by atoms with van der Waals surface area (Å²) in [6, 6.07) is 6.81. The fourth-order valence-electron chi connectivity index (χ4n) is 2.86. The molecule has 0 amide bonds. The molecule has 0 saturated heterocycles. The molecule has 1 N–H and O–H groups in total. The second kappa shape index (κ2) is 3.70. The molecule has 0 fully saturated rings. The molecule has 3 rings (SSSR count). The van der Waals surface area contributed by atoms with Crippen LogP contribution in [0.3, 0.4) is 0 Å². The molecule has 98 valence electrons. The number of aromatic nitrogens is 1. The third-order valence-corrected chi connectivity index (χ3v) is 3.71. The molecule has 0 radical (unpaired) electrons. The maximum Gasteiger partial charge on any atom is 0.200 e. The Morgan fingerprint density at radius 3 is 2.58 bits per heavy atom. The number of pyridine rings is 1. The molecule has 1 aliphatic rings. The maximum absolute atomic E-state index is 12.4. The normalized spacial score (nSPS) is 17.5. The molecule has 0 unspecified atom stereocenters. The highest BCUT2D eigenvalue weighted by Crippen LogP contribution is 2.34. The van der Waals surface area contributed by atoms with Crippen molar-refractivity contribution in [1.82, 2.24) is 4.73 Å². The Labute approximate surface area is 110 Å². The number of nitrogens with zero attached hydrogens (tertiary/aromatic N) is 1. The predicted octanol–water partition coefficient (Wildman–Crippen LogP) is 2.39. The molecular formula is C15H15NO3. The van der Waals surface area contributed by atoms with Gasteiger partial charge < -0.3 is 5.21 Å². The van der Waals surface area contributed by atoms with E-state index in [1.807, 2.05) is 13.8 Å². The SMILES string of the molecule is CC1(C)CC(=O)c2c(n(O)c3ccccc3c2=O)C1. The number of carbonyl (C=O) groups is 1. The maximum atomic E-state index is 12.4. The van der Waals surface area contributed by atoms with Crippen LogP contribution in [0.4, 0.5) is 0 Å². The standard InChI is InChI=1S/C15H15NO3/c1-15(2)7-11-13(12(17)8-15)14(18)9-5-3-4-6-10(9)16(11)19/h3-6,19H,7-8H2,1-2H3. The van der Waals surface area contributed by atoms with E-state index >= 15 is 0 Å². The Balaban J connectivity index is 2.46. The minimum Gasteiger partial charge on any atom is -0.428 e. The molecule has 0 aliphatic heterocycles. The second-order valence-corrected chi connectivity index (χ2v) is 5.92. The molecule has 19 heavy (non-hydrogen) atoms. The summed E-state index contributed by atoms with van der Waals surface area (Å²) in [6.45, 7) is 3.93. The molecule has 1 aliphatic carbocycles. The fourth-order valence-corrected chi connectivity index (χ4v) is 2.86. The lowest BCUT2D eigenvalue weighted by atomic mass is 9.75. The number of para-hydroxylation sites is 1. The average Bonchev–Trinajstić information content (AvgIpc) is 2.34. The van der Waals surface area contributed by atoms with E-state index in [2.05, 4.69) is 0 Å². The van der Waals surface area contributed by atoms with Crippen molar-refractivity contribution in [3.63, 3.8) is 0 Å². The van der Waals surface area contributed by atoms with E-state index in [0.717, 1.165) is 4.73 Å². The van der Waals surface area contributed by atoms with Gasteiger partial charge in [-0.05, 0) is 24.0 Å². The van der Waals surface area contributed by atoms with Crippen LogP contribution in [-0.4, -0.2) is 15.7 Å². The molecule has 0 bridgehead atoms. The zero-order valence-electron chi connectivity index (χ0n) is 10.9. The van der Waals surface area contributed by atoms with Crippen molar-refractivity contribution in [1.29, 1.82) is 0 Å². The first-order chi connectivity index (χ1) is 8.91. The van der Waals surface area contributed by atoms with Crippen LogP contribution in [0.5, 0.6) is 0 Å². The number of carbonyl (C=O) groups excluding carboxylic acids is 1. The van der Waals surface area contributed by atoms with Gasteiger partial charge in [0.25, 0.3) is 0 Å². The van der Waals surface area contributed by atoms with E-state index in [1.165, 1.54) is 0 Å². The van der Waals surface area contributed by atoms with Crippen LogP contribution in [0.25, 0.3) is 10.9 Å². The van der Waals surface area contributed by atoms with Crippen LogP contribution in [0.2, 0.25) is 0 Å². The Morgan fingerprint density at radius 2 is 1.84 bits per heavy atom. The number of rotatable bonds is 0. The summed E-state index contributed by atoms with van der Waals surface area (Å²) in [5.41, 5.74) is 0.544. The van der Waals surface area contributed by atoms with Crippen LogP contribution in [0.15, 0.2) is 29.1 Å². The Kier molecular flexibility index (Phi) is 2.33. The van der Waals surface area contributed by atoms with E-state index < -0.39 is 0 Å². The van der Waals surface area contributed by atoms with E-state index in [-0.39, 0.29) is 22.2 Å². The molecular weight excluding hydrogens is 242 g/mol. The van der Waals surface area contributed by atoms with Crippen LogP contribution < -0.4 is 5.43 Å². The third-order valence-electron chi connectivity index (χ3n) is 3.71. The molecule has 2 aromatic rings. The largest absolute Gasteiger partial charge is 0.428 e. The van der Waals surface area contributed by atoms with Gasteiger partial charge in [0.1, 0.15) is 0 Å². The summed E-state index contributed by atoms with van der Waals surface area (Å²) in [4.78, 5) is 24.6. The monoisotopic (exact) mass is 257 g/mol. The molecule has 4 heteroatoms.